The maximum Gasteiger partial charge on any atom is 0.408 e. The molecule has 4 rings (SSSR count). The number of amides is 2. The molecule has 2 aliphatic rings. The zero-order valence-corrected chi connectivity index (χ0v) is 31.9. The molecule has 0 bridgehead atoms. The summed E-state index contributed by atoms with van der Waals surface area (Å²) in [6.07, 6.45) is 1.81. The van der Waals surface area contributed by atoms with Crippen molar-refractivity contribution < 1.29 is 52.1 Å². The van der Waals surface area contributed by atoms with Crippen LogP contribution in [-0.4, -0.2) is 83.4 Å². The van der Waals surface area contributed by atoms with Crippen LogP contribution in [0.1, 0.15) is 109 Å². The highest BCUT2D eigenvalue weighted by atomic mass is 19.1. The Bertz CT molecular complexity index is 1890. The molecular weight excluding hydrogens is 710 g/mol. The van der Waals surface area contributed by atoms with Crippen molar-refractivity contribution in [3.63, 3.8) is 0 Å². The number of aromatic carboxylic acids is 1. The van der Waals surface area contributed by atoms with Gasteiger partial charge < -0.3 is 39.4 Å². The van der Waals surface area contributed by atoms with Crippen LogP contribution in [0.2, 0.25) is 0 Å². The Kier molecular flexibility index (Phi) is 13.1. The number of rotatable bonds is 14. The molecule has 1 aliphatic carbocycles. The number of piperidine rings is 1. The van der Waals surface area contributed by atoms with Gasteiger partial charge in [0.25, 0.3) is 0 Å². The van der Waals surface area contributed by atoms with Crippen LogP contribution in [0.3, 0.4) is 0 Å². The number of hydrogen-bond donors (Lipinski definition) is 3. The molecule has 16 heteroatoms. The number of carboxylic acid groups (broad SMARTS) is 1. The Hall–Kier alpha value is -5.02. The molecule has 2 heterocycles. The van der Waals surface area contributed by atoms with Gasteiger partial charge in [-0.05, 0) is 85.3 Å². The van der Waals surface area contributed by atoms with Crippen LogP contribution in [-0.2, 0) is 23.9 Å². The molecule has 1 saturated carbocycles. The number of allylic oxidation sites excluding steroid dienone is 1. The fraction of sp³-hybridized carbons (Fsp3) is 0.579. The molecule has 1 saturated heterocycles. The number of fused-ring (bicyclic) bond motifs is 1. The van der Waals surface area contributed by atoms with Gasteiger partial charge >= 0.3 is 18.0 Å². The number of carboxylic acids is 1. The summed E-state index contributed by atoms with van der Waals surface area (Å²) >= 11 is 0. The van der Waals surface area contributed by atoms with Gasteiger partial charge in [-0.15, -0.1) is 0 Å². The molecule has 14 nitrogen and oxygen atoms in total. The van der Waals surface area contributed by atoms with Crippen LogP contribution in [0.15, 0.2) is 28.5 Å². The number of alkyl carbamates (subject to hydrolysis) is 1. The third kappa shape index (κ3) is 11.0. The molecule has 2 fully saturated rings. The standard InChI is InChI=1S/C38H50F2N4O10/c1-37(2,3)53-29(46)15-14-28(42-36(51)54-38(4,5)6)34(48)41-18-23(45)12-13-26(39)21-9-8-16-43(19-21)31-27(40)17-24-30(33(31)52-7)44(22-10-11-22)20-25(32(24)47)35(49)50/h17,20,22,28H,8-16,18-19H2,1-7H3,(H,41,48)(H,42,51)(H,49,50)/b26-21+/t28-/m0/s1. The number of halogens is 2. The number of ether oxygens (including phenoxy) is 3. The fourth-order valence-corrected chi connectivity index (χ4v) is 6.20. The lowest BCUT2D eigenvalue weighted by Crippen LogP contribution is -2.49. The molecule has 1 aromatic carbocycles. The second-order valence-electron chi connectivity index (χ2n) is 15.6. The normalized spacial score (nSPS) is 16.4. The minimum atomic E-state index is -1.42. The lowest BCUT2D eigenvalue weighted by Gasteiger charge is -2.33. The summed E-state index contributed by atoms with van der Waals surface area (Å²) in [7, 11) is 1.33. The summed E-state index contributed by atoms with van der Waals surface area (Å²) in [4.78, 5) is 77.0. The van der Waals surface area contributed by atoms with Gasteiger partial charge in [0, 0.05) is 44.6 Å². The number of ketones is 1. The average Bonchev–Trinajstić information content (AvgIpc) is 3.91. The van der Waals surface area contributed by atoms with Crippen molar-refractivity contribution in [3.05, 3.63) is 45.3 Å². The maximum absolute atomic E-state index is 15.8. The minimum absolute atomic E-state index is 0.0203. The molecule has 54 heavy (non-hydrogen) atoms. The van der Waals surface area contributed by atoms with E-state index in [1.807, 2.05) is 0 Å². The van der Waals surface area contributed by atoms with E-state index in [9.17, 15) is 33.9 Å². The predicted molar refractivity (Wildman–Crippen MR) is 195 cm³/mol. The SMILES string of the molecule is COc1c(N2CCC/C(=C(\F)CCC(=O)CNC(=O)[C@H](CCC(=O)OC(C)(C)C)NC(=O)OC(C)(C)C)C2)c(F)cc2c(=O)c(C(=O)O)cn(C3CC3)c12. The first kappa shape index (κ1) is 41.7. The van der Waals surface area contributed by atoms with E-state index in [4.69, 9.17) is 14.2 Å². The number of anilines is 1. The van der Waals surface area contributed by atoms with Crippen molar-refractivity contribution in [1.82, 2.24) is 15.2 Å². The summed E-state index contributed by atoms with van der Waals surface area (Å²) < 4.78 is 49.3. The van der Waals surface area contributed by atoms with E-state index in [1.54, 1.807) is 51.0 Å². The zero-order chi connectivity index (χ0) is 40.1. The molecule has 0 radical (unpaired) electrons. The van der Waals surface area contributed by atoms with Crippen LogP contribution in [0.4, 0.5) is 19.3 Å². The molecule has 1 aliphatic heterocycles. The van der Waals surface area contributed by atoms with Gasteiger partial charge in [-0.25, -0.2) is 18.4 Å². The number of pyridine rings is 1. The molecule has 3 N–H and O–H groups in total. The number of Topliss-reactive ketones (excluding diaryl/α,β-unsaturated/α-hetero) is 1. The smallest absolute Gasteiger partial charge is 0.408 e. The zero-order valence-electron chi connectivity index (χ0n) is 31.9. The largest absolute Gasteiger partial charge is 0.492 e. The molecule has 2 amide bonds. The van der Waals surface area contributed by atoms with Gasteiger partial charge in [0.15, 0.2) is 17.3 Å². The Morgan fingerprint density at radius 2 is 1.69 bits per heavy atom. The van der Waals surface area contributed by atoms with Crippen LogP contribution >= 0.6 is 0 Å². The Labute approximate surface area is 312 Å². The highest BCUT2D eigenvalue weighted by Gasteiger charge is 2.33. The van der Waals surface area contributed by atoms with E-state index in [-0.39, 0.29) is 60.6 Å². The fourth-order valence-electron chi connectivity index (χ4n) is 6.20. The predicted octanol–water partition coefficient (Wildman–Crippen LogP) is 5.49. The van der Waals surface area contributed by atoms with Crippen molar-refractivity contribution in [3.8, 4) is 5.75 Å². The summed E-state index contributed by atoms with van der Waals surface area (Å²) in [6.45, 7) is 9.88. The lowest BCUT2D eigenvalue weighted by molar-refractivity contribution is -0.155. The van der Waals surface area contributed by atoms with E-state index >= 15 is 8.78 Å². The molecule has 1 aromatic heterocycles. The van der Waals surface area contributed by atoms with Crippen LogP contribution in [0.25, 0.3) is 10.9 Å². The summed E-state index contributed by atoms with van der Waals surface area (Å²) in [6, 6.07) is -0.301. The number of nitrogens with zero attached hydrogens (tertiary/aromatic N) is 2. The summed E-state index contributed by atoms with van der Waals surface area (Å²) in [5.74, 6) is -4.56. The van der Waals surface area contributed by atoms with Crippen molar-refractivity contribution in [2.75, 3.05) is 31.6 Å². The maximum atomic E-state index is 15.8. The minimum Gasteiger partial charge on any atom is -0.492 e. The molecule has 0 unspecified atom stereocenters. The first-order valence-corrected chi connectivity index (χ1v) is 18.0. The number of carbonyl (C=O) groups excluding carboxylic acids is 4. The number of benzene rings is 1. The number of aromatic nitrogens is 1. The van der Waals surface area contributed by atoms with Gasteiger partial charge in [-0.3, -0.25) is 19.2 Å². The third-order valence-electron chi connectivity index (χ3n) is 8.71. The molecule has 0 spiro atoms. The first-order chi connectivity index (χ1) is 25.2. The van der Waals surface area contributed by atoms with Gasteiger partial charge in [-0.2, -0.15) is 0 Å². The second kappa shape index (κ2) is 17.0. The number of esters is 1. The third-order valence-corrected chi connectivity index (χ3v) is 8.71. The van der Waals surface area contributed by atoms with Gasteiger partial charge in [0.2, 0.25) is 11.3 Å². The highest BCUT2D eigenvalue weighted by Crippen LogP contribution is 2.44. The van der Waals surface area contributed by atoms with Gasteiger partial charge in [-0.1, -0.05) is 0 Å². The lowest BCUT2D eigenvalue weighted by atomic mass is 10.00. The molecule has 2 aromatic rings. The van der Waals surface area contributed by atoms with Crippen molar-refractivity contribution in [2.45, 2.75) is 116 Å². The van der Waals surface area contributed by atoms with Crippen LogP contribution in [0, 0.1) is 5.82 Å². The number of hydrogen-bond acceptors (Lipinski definition) is 10. The monoisotopic (exact) mass is 760 g/mol. The van der Waals surface area contributed by atoms with E-state index in [0.717, 1.165) is 18.9 Å². The summed E-state index contributed by atoms with van der Waals surface area (Å²) in [5.41, 5.74) is -2.28. The highest BCUT2D eigenvalue weighted by molar-refractivity contribution is 5.97. The molecule has 296 valence electrons. The van der Waals surface area contributed by atoms with Crippen molar-refractivity contribution in [2.24, 2.45) is 0 Å². The molecule has 1 atom stereocenters. The van der Waals surface area contributed by atoms with Crippen LogP contribution in [0.5, 0.6) is 5.75 Å². The number of nitrogens with one attached hydrogen (secondary N) is 2. The van der Waals surface area contributed by atoms with Gasteiger partial charge in [0.05, 0.1) is 24.6 Å². The molecular formula is C38H50F2N4O10. The Balaban J connectivity index is 1.44. The first-order valence-electron chi connectivity index (χ1n) is 18.0. The summed E-state index contributed by atoms with van der Waals surface area (Å²) in [5, 5.41) is 14.4. The van der Waals surface area contributed by atoms with E-state index in [1.165, 1.54) is 13.3 Å². The van der Waals surface area contributed by atoms with Gasteiger partial charge in [0.1, 0.15) is 34.3 Å². The Morgan fingerprint density at radius 3 is 2.28 bits per heavy atom. The van der Waals surface area contributed by atoms with E-state index < -0.39 is 76.1 Å². The van der Waals surface area contributed by atoms with E-state index in [0.29, 0.717) is 25.0 Å². The topological polar surface area (TPSA) is 183 Å². The van der Waals surface area contributed by atoms with Crippen molar-refractivity contribution >= 4 is 46.3 Å². The average molecular weight is 761 g/mol. The Morgan fingerprint density at radius 1 is 1.02 bits per heavy atom. The number of carbonyl (C=O) groups is 5. The second-order valence-corrected chi connectivity index (χ2v) is 15.6. The quantitative estimate of drug-likeness (QED) is 0.207. The number of methoxy groups -OCH3 is 1. The van der Waals surface area contributed by atoms with Crippen LogP contribution < -0.4 is 25.7 Å². The van der Waals surface area contributed by atoms with Crippen molar-refractivity contribution in [1.29, 1.82) is 0 Å². The van der Waals surface area contributed by atoms with E-state index in [2.05, 4.69) is 10.6 Å².